The fourth-order valence-corrected chi connectivity index (χ4v) is 4.32. The molecule has 1 unspecified atom stereocenters. The van der Waals surface area contributed by atoms with E-state index in [-0.39, 0.29) is 11.9 Å². The summed E-state index contributed by atoms with van der Waals surface area (Å²) in [6.07, 6.45) is 1.07. The van der Waals surface area contributed by atoms with E-state index in [0.717, 1.165) is 33.9 Å². The Bertz CT molecular complexity index is 868. The highest BCUT2D eigenvalue weighted by Crippen LogP contribution is 2.29. The summed E-state index contributed by atoms with van der Waals surface area (Å²) < 4.78 is 16.7. The van der Waals surface area contributed by atoms with Gasteiger partial charge in [-0.15, -0.1) is 0 Å². The molecule has 31 heavy (non-hydrogen) atoms. The van der Waals surface area contributed by atoms with Crippen LogP contribution in [0.25, 0.3) is 0 Å². The van der Waals surface area contributed by atoms with Crippen molar-refractivity contribution in [3.05, 3.63) is 48.5 Å². The Balaban J connectivity index is 1.51. The lowest BCUT2D eigenvalue weighted by Crippen LogP contribution is -2.37. The zero-order valence-electron chi connectivity index (χ0n) is 18.4. The SMILES string of the molecule is CCOc1ccc(N=C2SCC(C)N2C(=O)CCCOc2ccc(OCC)cc2)cc1. The number of amides is 1. The minimum absolute atomic E-state index is 0.0810. The molecule has 0 N–H and O–H groups in total. The predicted octanol–water partition coefficient (Wildman–Crippen LogP) is 5.29. The maximum atomic E-state index is 12.9. The van der Waals surface area contributed by atoms with Crippen molar-refractivity contribution in [3.8, 4) is 17.2 Å². The largest absolute Gasteiger partial charge is 0.494 e. The van der Waals surface area contributed by atoms with E-state index in [1.807, 2.05) is 67.3 Å². The number of carbonyl (C=O) groups is 1. The molecule has 1 aliphatic heterocycles. The Morgan fingerprint density at radius 2 is 1.52 bits per heavy atom. The number of hydrogen-bond acceptors (Lipinski definition) is 6. The molecule has 0 aliphatic carbocycles. The van der Waals surface area contributed by atoms with Gasteiger partial charge in [-0.05, 0) is 75.7 Å². The second kappa shape index (κ2) is 11.6. The van der Waals surface area contributed by atoms with E-state index < -0.39 is 0 Å². The first-order valence-corrected chi connectivity index (χ1v) is 11.7. The molecule has 0 spiro atoms. The first-order valence-electron chi connectivity index (χ1n) is 10.7. The summed E-state index contributed by atoms with van der Waals surface area (Å²) in [5, 5.41) is 0.758. The van der Waals surface area contributed by atoms with E-state index in [1.54, 1.807) is 11.8 Å². The van der Waals surface area contributed by atoms with Crippen LogP contribution in [0.1, 0.15) is 33.6 Å². The molecule has 1 heterocycles. The smallest absolute Gasteiger partial charge is 0.228 e. The monoisotopic (exact) mass is 442 g/mol. The van der Waals surface area contributed by atoms with Crippen molar-refractivity contribution < 1.29 is 19.0 Å². The molecule has 3 rings (SSSR count). The molecule has 1 aliphatic rings. The summed E-state index contributed by atoms with van der Waals surface area (Å²) in [4.78, 5) is 19.4. The number of amidine groups is 1. The molecule has 1 amide bonds. The zero-order valence-corrected chi connectivity index (χ0v) is 19.2. The van der Waals surface area contributed by atoms with Crippen molar-refractivity contribution in [1.29, 1.82) is 0 Å². The first-order chi connectivity index (χ1) is 15.1. The molecule has 6 nitrogen and oxygen atoms in total. The molecule has 0 radical (unpaired) electrons. The number of nitrogens with zero attached hydrogens (tertiary/aromatic N) is 2. The van der Waals surface area contributed by atoms with Gasteiger partial charge in [0, 0.05) is 18.2 Å². The summed E-state index contributed by atoms with van der Waals surface area (Å²) in [7, 11) is 0. The molecule has 166 valence electrons. The van der Waals surface area contributed by atoms with Gasteiger partial charge < -0.3 is 14.2 Å². The van der Waals surface area contributed by atoms with Crippen LogP contribution in [-0.2, 0) is 4.79 Å². The van der Waals surface area contributed by atoms with Crippen molar-refractivity contribution in [3.63, 3.8) is 0 Å². The Hall–Kier alpha value is -2.67. The van der Waals surface area contributed by atoms with Crippen molar-refractivity contribution in [2.75, 3.05) is 25.6 Å². The molecule has 2 aromatic rings. The molecule has 0 saturated carbocycles. The molecular formula is C24H30N2O4S. The predicted molar refractivity (Wildman–Crippen MR) is 126 cm³/mol. The van der Waals surface area contributed by atoms with Gasteiger partial charge in [0.1, 0.15) is 17.2 Å². The van der Waals surface area contributed by atoms with Crippen LogP contribution in [0.15, 0.2) is 53.5 Å². The van der Waals surface area contributed by atoms with E-state index in [0.29, 0.717) is 32.7 Å². The number of thioether (sulfide) groups is 1. The van der Waals surface area contributed by atoms with Gasteiger partial charge in [-0.1, -0.05) is 11.8 Å². The highest BCUT2D eigenvalue weighted by atomic mass is 32.2. The number of rotatable bonds is 10. The quantitative estimate of drug-likeness (QED) is 0.468. The van der Waals surface area contributed by atoms with E-state index in [1.165, 1.54) is 0 Å². The van der Waals surface area contributed by atoms with Crippen molar-refractivity contribution in [2.24, 2.45) is 4.99 Å². The van der Waals surface area contributed by atoms with Gasteiger partial charge in [0.05, 0.1) is 25.5 Å². The number of aliphatic imine (C=N–C) groups is 1. The number of benzene rings is 2. The van der Waals surface area contributed by atoms with Crippen molar-refractivity contribution in [2.45, 2.75) is 39.7 Å². The summed E-state index contributed by atoms with van der Waals surface area (Å²) in [5.74, 6) is 3.35. The lowest BCUT2D eigenvalue weighted by molar-refractivity contribution is -0.128. The minimum atomic E-state index is 0.0810. The third kappa shape index (κ3) is 6.66. The van der Waals surface area contributed by atoms with Crippen LogP contribution in [0, 0.1) is 0 Å². The Labute approximate surface area is 188 Å². The minimum Gasteiger partial charge on any atom is -0.494 e. The van der Waals surface area contributed by atoms with Gasteiger partial charge >= 0.3 is 0 Å². The second-order valence-electron chi connectivity index (χ2n) is 7.10. The number of carbonyl (C=O) groups excluding carboxylic acids is 1. The third-order valence-electron chi connectivity index (χ3n) is 4.68. The van der Waals surface area contributed by atoms with Gasteiger partial charge in [0.25, 0.3) is 0 Å². The maximum Gasteiger partial charge on any atom is 0.228 e. The molecule has 2 aromatic carbocycles. The Kier molecular flexibility index (Phi) is 8.64. The van der Waals surface area contributed by atoms with Crippen LogP contribution >= 0.6 is 11.8 Å². The van der Waals surface area contributed by atoms with Gasteiger partial charge in [-0.3, -0.25) is 9.69 Å². The van der Waals surface area contributed by atoms with E-state index in [2.05, 4.69) is 6.92 Å². The normalized spacial score (nSPS) is 17.1. The molecule has 0 bridgehead atoms. The summed E-state index contributed by atoms with van der Waals surface area (Å²) in [5.41, 5.74) is 0.816. The summed E-state index contributed by atoms with van der Waals surface area (Å²) >= 11 is 1.62. The molecule has 0 aromatic heterocycles. The van der Waals surface area contributed by atoms with Crippen molar-refractivity contribution in [1.82, 2.24) is 4.90 Å². The lowest BCUT2D eigenvalue weighted by atomic mass is 10.2. The fourth-order valence-electron chi connectivity index (χ4n) is 3.19. The highest BCUT2D eigenvalue weighted by molar-refractivity contribution is 8.14. The van der Waals surface area contributed by atoms with Crippen LogP contribution in [-0.4, -0.2) is 47.6 Å². The Morgan fingerprint density at radius 3 is 2.10 bits per heavy atom. The number of ether oxygens (including phenoxy) is 3. The molecular weight excluding hydrogens is 412 g/mol. The highest BCUT2D eigenvalue weighted by Gasteiger charge is 2.31. The van der Waals surface area contributed by atoms with Gasteiger partial charge in [0.2, 0.25) is 5.91 Å². The van der Waals surface area contributed by atoms with Gasteiger partial charge in [-0.2, -0.15) is 0 Å². The van der Waals surface area contributed by atoms with Crippen LogP contribution in [0.3, 0.4) is 0 Å². The second-order valence-corrected chi connectivity index (χ2v) is 8.09. The zero-order chi connectivity index (χ0) is 22.1. The molecule has 7 heteroatoms. The van der Waals surface area contributed by atoms with Crippen LogP contribution in [0.5, 0.6) is 17.2 Å². The molecule has 1 fully saturated rings. The van der Waals surface area contributed by atoms with Gasteiger partial charge in [-0.25, -0.2) is 4.99 Å². The lowest BCUT2D eigenvalue weighted by Gasteiger charge is -2.21. The third-order valence-corrected chi connectivity index (χ3v) is 5.88. The van der Waals surface area contributed by atoms with E-state index in [4.69, 9.17) is 19.2 Å². The van der Waals surface area contributed by atoms with E-state index >= 15 is 0 Å². The maximum absolute atomic E-state index is 12.9. The van der Waals surface area contributed by atoms with Crippen LogP contribution < -0.4 is 14.2 Å². The molecule has 1 saturated heterocycles. The van der Waals surface area contributed by atoms with Crippen LogP contribution in [0.2, 0.25) is 0 Å². The Morgan fingerprint density at radius 1 is 0.968 bits per heavy atom. The summed E-state index contributed by atoms with van der Waals surface area (Å²) in [6, 6.07) is 15.3. The standard InChI is InChI=1S/C24H30N2O4S/c1-4-28-20-10-8-19(9-11-20)25-24-26(18(3)17-31-24)23(27)7-6-16-30-22-14-12-21(13-15-22)29-5-2/h8-15,18H,4-7,16-17H2,1-3H3. The van der Waals surface area contributed by atoms with E-state index in [9.17, 15) is 4.79 Å². The van der Waals surface area contributed by atoms with Gasteiger partial charge in [0.15, 0.2) is 5.17 Å². The van der Waals surface area contributed by atoms with Crippen LogP contribution in [0.4, 0.5) is 5.69 Å². The van der Waals surface area contributed by atoms with Crippen molar-refractivity contribution >= 4 is 28.5 Å². The summed E-state index contributed by atoms with van der Waals surface area (Å²) in [6.45, 7) is 7.72. The molecule has 1 atom stereocenters. The first kappa shape index (κ1) is 23.0. The average Bonchev–Trinajstić information content (AvgIpc) is 3.14. The number of hydrogen-bond donors (Lipinski definition) is 0. The topological polar surface area (TPSA) is 60.4 Å². The average molecular weight is 443 g/mol. The fraction of sp³-hybridized carbons (Fsp3) is 0.417.